The molecule has 18 nitrogen and oxygen atoms in total. The van der Waals surface area contributed by atoms with Crippen molar-refractivity contribution in [2.24, 2.45) is 38.1 Å². The average Bonchev–Trinajstić information content (AvgIpc) is 4.11. The van der Waals surface area contributed by atoms with Crippen LogP contribution in [0.3, 0.4) is 0 Å². The fraction of sp³-hybridized carbons (Fsp3) is 0.421. The Morgan fingerprint density at radius 1 is 0.908 bits per heavy atom. The number of aromatic hydroxyl groups is 2. The maximum absolute atomic E-state index is 14.3. The van der Waals surface area contributed by atoms with Crippen molar-refractivity contribution >= 4 is 37.3 Å². The smallest absolute Gasteiger partial charge is 0.457 e. The molecule has 6 N–H and O–H groups in total. The largest absolute Gasteiger partial charge is 0.508 e. The molecule has 10 rings (SSSR count). The van der Waals surface area contributed by atoms with Crippen molar-refractivity contribution in [3.63, 3.8) is 0 Å². The van der Waals surface area contributed by atoms with Crippen LogP contribution in [-0.4, -0.2) is 95.0 Å². The van der Waals surface area contributed by atoms with Gasteiger partial charge in [0.25, 0.3) is 17.7 Å². The van der Waals surface area contributed by atoms with Crippen molar-refractivity contribution in [1.29, 1.82) is 0 Å². The molecule has 1 aromatic heterocycles. The maximum Gasteiger partial charge on any atom is 0.457 e. The minimum atomic E-state index is -1.39. The zero-order valence-electron chi connectivity index (χ0n) is 43.8. The number of carbonyl (C=O) groups excluding carboxylic acids is 4. The molecule has 396 valence electrons. The number of amides is 3. The lowest BCUT2D eigenvalue weighted by Gasteiger charge is -2.69. The highest BCUT2D eigenvalue weighted by atomic mass is 16.7. The summed E-state index contributed by atoms with van der Waals surface area (Å²) < 4.78 is 20.1. The SMILES string of the molecule is CCNC(=O)c1cc(Oc2ccccc2C(=O)NCC[C@]23C[C@@H](C[C@@H]4OB(C[C@@H](C)CCN[C@@](C=O)(Cc5ccccc5)NC(=O)c5cnccn5)O[C@@H]42)C3(C)C)cc(-c2cc(C(C)C)c(O)cc2O)c1[C@@H]1C=NN=N1. The third-order valence-corrected chi connectivity index (χ3v) is 16.0. The summed E-state index contributed by atoms with van der Waals surface area (Å²) in [5, 5.41) is 46.4. The van der Waals surface area contributed by atoms with Gasteiger partial charge in [0, 0.05) is 60.1 Å². The van der Waals surface area contributed by atoms with Gasteiger partial charge in [0.2, 0.25) is 0 Å². The van der Waals surface area contributed by atoms with E-state index in [0.29, 0.717) is 67.0 Å². The van der Waals surface area contributed by atoms with Crippen LogP contribution in [-0.2, 0) is 20.5 Å². The van der Waals surface area contributed by atoms with Crippen LogP contribution < -0.4 is 26.0 Å². The van der Waals surface area contributed by atoms with E-state index in [9.17, 15) is 29.4 Å². The first-order valence-electron chi connectivity index (χ1n) is 26.2. The summed E-state index contributed by atoms with van der Waals surface area (Å²) in [4.78, 5) is 62.4. The van der Waals surface area contributed by atoms with E-state index in [-0.39, 0.29) is 87.0 Å². The summed E-state index contributed by atoms with van der Waals surface area (Å²) in [5.74, 6) is -0.612. The number of phenolic OH excluding ortho intramolecular Hbond substituents is 2. The summed E-state index contributed by atoms with van der Waals surface area (Å²) in [7, 11) is -0.429. The van der Waals surface area contributed by atoms with Gasteiger partial charge in [0.05, 0.1) is 30.2 Å². The van der Waals surface area contributed by atoms with Crippen molar-refractivity contribution in [1.82, 2.24) is 31.2 Å². The molecule has 4 aromatic carbocycles. The van der Waals surface area contributed by atoms with Crippen molar-refractivity contribution in [3.05, 3.63) is 131 Å². The van der Waals surface area contributed by atoms with Crippen molar-refractivity contribution in [2.45, 2.75) is 110 Å². The first-order valence-corrected chi connectivity index (χ1v) is 26.2. The highest BCUT2D eigenvalue weighted by Crippen LogP contribution is 2.71. The van der Waals surface area contributed by atoms with Crippen molar-refractivity contribution < 1.29 is 43.4 Å². The Balaban J connectivity index is 0.871. The predicted octanol–water partition coefficient (Wildman–Crippen LogP) is 8.72. The first-order chi connectivity index (χ1) is 36.5. The van der Waals surface area contributed by atoms with Crippen LogP contribution in [0.15, 0.2) is 113 Å². The van der Waals surface area contributed by atoms with Gasteiger partial charge in [0.15, 0.2) is 11.9 Å². The molecule has 0 radical (unpaired) electrons. The highest BCUT2D eigenvalue weighted by molar-refractivity contribution is 6.45. The van der Waals surface area contributed by atoms with E-state index in [1.54, 1.807) is 49.4 Å². The van der Waals surface area contributed by atoms with Crippen LogP contribution in [0.2, 0.25) is 6.32 Å². The monoisotopic (exact) mass is 1030 g/mol. The minimum absolute atomic E-state index is 0.0652. The van der Waals surface area contributed by atoms with E-state index in [1.165, 1.54) is 30.9 Å². The number of nitrogens with zero attached hydrogens (tertiary/aromatic N) is 5. The third kappa shape index (κ3) is 10.9. The molecular formula is C57H66BN9O9. The summed E-state index contributed by atoms with van der Waals surface area (Å²) >= 11 is 0. The fourth-order valence-corrected chi connectivity index (χ4v) is 11.8. The molecule has 2 bridgehead atoms. The number of phenols is 2. The van der Waals surface area contributed by atoms with Gasteiger partial charge in [-0.2, -0.15) is 5.11 Å². The number of rotatable bonds is 22. The molecule has 2 aliphatic heterocycles. The molecule has 76 heavy (non-hydrogen) atoms. The van der Waals surface area contributed by atoms with E-state index in [4.69, 9.17) is 14.0 Å². The second-order valence-corrected chi connectivity index (χ2v) is 21.4. The molecule has 5 aromatic rings. The second kappa shape index (κ2) is 22.5. The van der Waals surface area contributed by atoms with Crippen LogP contribution in [0, 0.1) is 22.7 Å². The Labute approximate surface area is 443 Å². The third-order valence-electron chi connectivity index (χ3n) is 16.0. The molecule has 3 saturated carbocycles. The Morgan fingerprint density at radius 3 is 2.39 bits per heavy atom. The molecule has 3 heterocycles. The molecule has 3 aliphatic carbocycles. The number of para-hydroxylation sites is 1. The van der Waals surface area contributed by atoms with Crippen LogP contribution in [0.4, 0.5) is 0 Å². The summed E-state index contributed by atoms with van der Waals surface area (Å²) in [6.07, 6.45) is 10.3. The topological polar surface area (TPSA) is 247 Å². The Hall–Kier alpha value is -7.35. The van der Waals surface area contributed by atoms with Crippen molar-refractivity contribution in [3.8, 4) is 34.1 Å². The van der Waals surface area contributed by atoms with Crippen molar-refractivity contribution in [2.75, 3.05) is 19.6 Å². The lowest BCUT2D eigenvalue weighted by atomic mass is 9.37. The number of carbonyl (C=O) groups is 4. The Morgan fingerprint density at radius 2 is 1.68 bits per heavy atom. The fourth-order valence-electron chi connectivity index (χ4n) is 11.8. The average molecular weight is 1030 g/mol. The summed E-state index contributed by atoms with van der Waals surface area (Å²) in [5.41, 5.74) is 1.53. The number of benzene rings is 4. The molecule has 3 amide bonds. The van der Waals surface area contributed by atoms with Gasteiger partial charge in [0.1, 0.15) is 34.7 Å². The number of aromatic nitrogens is 2. The van der Waals surface area contributed by atoms with E-state index < -0.39 is 30.6 Å². The maximum atomic E-state index is 14.3. The van der Waals surface area contributed by atoms with E-state index in [2.05, 4.69) is 67.4 Å². The first kappa shape index (κ1) is 53.5. The van der Waals surface area contributed by atoms with E-state index in [1.807, 2.05) is 44.2 Å². The lowest BCUT2D eigenvalue weighted by molar-refractivity contribution is -0.233. The number of nitrogens with one attached hydrogen (secondary N) is 4. The van der Waals surface area contributed by atoms with E-state index in [0.717, 1.165) is 24.7 Å². The molecule has 1 saturated heterocycles. The molecule has 7 atom stereocenters. The van der Waals surface area contributed by atoms with Gasteiger partial charge in [-0.25, -0.2) is 4.98 Å². The number of hydrogen-bond acceptors (Lipinski definition) is 15. The highest BCUT2D eigenvalue weighted by Gasteiger charge is 2.70. The lowest BCUT2D eigenvalue weighted by Crippen LogP contribution is -2.68. The summed E-state index contributed by atoms with van der Waals surface area (Å²) in [6.45, 7) is 13.5. The van der Waals surface area contributed by atoms with Gasteiger partial charge in [-0.1, -0.05) is 77.1 Å². The molecule has 4 fully saturated rings. The number of aldehydes is 1. The number of ether oxygens (including phenoxy) is 1. The van der Waals surface area contributed by atoms with Crippen LogP contribution in [0.5, 0.6) is 23.0 Å². The van der Waals surface area contributed by atoms with Crippen LogP contribution in [0.1, 0.15) is 127 Å². The Bertz CT molecular complexity index is 3000. The number of hydrogen-bond donors (Lipinski definition) is 6. The molecule has 19 heteroatoms. The van der Waals surface area contributed by atoms with Gasteiger partial charge in [-0.3, -0.25) is 29.5 Å². The van der Waals surface area contributed by atoms with E-state index >= 15 is 0 Å². The van der Waals surface area contributed by atoms with Crippen LogP contribution >= 0.6 is 0 Å². The summed E-state index contributed by atoms with van der Waals surface area (Å²) in [6, 6.07) is 21.9. The quantitative estimate of drug-likeness (QED) is 0.0216. The molecule has 0 unspecified atom stereocenters. The molecule has 5 aliphatic rings. The predicted molar refractivity (Wildman–Crippen MR) is 286 cm³/mol. The second-order valence-electron chi connectivity index (χ2n) is 21.4. The standard InChI is InChI=1S/C57H66BN9O9/c1-7-60-53(72)43-25-38(24-42(50(43)44-32-64-67-66-44)41-26-40(34(2)3)46(69)27-47(41)70)74-48-16-12-11-15-39(48)52(71)62-20-18-56-29-37(55(56,5)6)23-49-51(56)76-58(75-49)30-35(4)17-19-63-57(33-68,28-36-13-9-8-10-14-36)65-54(73)45-31-59-21-22-61-45/h8-16,21-22,24-27,31-35,37,44,49,51,63,69-70H,7,17-20,23,28-30H2,1-6H3,(H,60,72)(H,62,71)(H,65,73)/t35-,37+,44-,49-,51-,56-,57-/m0/s1. The minimum Gasteiger partial charge on any atom is -0.508 e. The molecule has 0 spiro atoms. The zero-order chi connectivity index (χ0) is 53.8. The Kier molecular flexibility index (Phi) is 15.8. The zero-order valence-corrected chi connectivity index (χ0v) is 43.8. The molecular weight excluding hydrogens is 965 g/mol. The van der Waals surface area contributed by atoms with Gasteiger partial charge in [-0.05, 0) is 121 Å². The van der Waals surface area contributed by atoms with Crippen LogP contribution in [0.25, 0.3) is 11.1 Å². The van der Waals surface area contributed by atoms with Gasteiger partial charge in [-0.15, -0.1) is 5.10 Å². The van der Waals surface area contributed by atoms with Gasteiger partial charge >= 0.3 is 7.12 Å². The van der Waals surface area contributed by atoms with Gasteiger partial charge < -0.3 is 40.2 Å². The normalized spacial score (nSPS) is 22.0.